The van der Waals surface area contributed by atoms with Crippen molar-refractivity contribution in [3.63, 3.8) is 0 Å². The topological polar surface area (TPSA) is 59.1 Å². The molecule has 0 fully saturated rings. The maximum atomic E-state index is 12.9. The van der Waals surface area contributed by atoms with Crippen LogP contribution in [0.2, 0.25) is 10.2 Å². The van der Waals surface area contributed by atoms with Crippen molar-refractivity contribution < 1.29 is 12.8 Å². The van der Waals surface area contributed by atoms with Crippen LogP contribution < -0.4 is 4.72 Å². The molecule has 1 heterocycles. The lowest BCUT2D eigenvalue weighted by molar-refractivity contribution is 0.600. The van der Waals surface area contributed by atoms with Crippen LogP contribution in [0.15, 0.2) is 41.4 Å². The number of hydrogen-bond acceptors (Lipinski definition) is 3. The highest BCUT2D eigenvalue weighted by atomic mass is 35.5. The van der Waals surface area contributed by atoms with Crippen molar-refractivity contribution >= 4 is 38.9 Å². The number of halogens is 3. The SMILES string of the molecule is O=S(=O)(Nc1ccc(F)cc1Cl)c1cccnc1Cl. The Labute approximate surface area is 119 Å². The van der Waals surface area contributed by atoms with Gasteiger partial charge in [-0.3, -0.25) is 4.72 Å². The lowest BCUT2D eigenvalue weighted by Gasteiger charge is -2.10. The van der Waals surface area contributed by atoms with E-state index in [0.717, 1.165) is 12.1 Å². The summed E-state index contributed by atoms with van der Waals surface area (Å²) in [5.41, 5.74) is 0.0583. The standard InChI is InChI=1S/C11H7Cl2FN2O2S/c12-8-6-7(14)3-4-9(8)16-19(17,18)10-2-1-5-15-11(10)13/h1-6,16H. The van der Waals surface area contributed by atoms with Crippen LogP contribution in [0.5, 0.6) is 0 Å². The maximum Gasteiger partial charge on any atom is 0.265 e. The number of rotatable bonds is 3. The molecule has 1 N–H and O–H groups in total. The molecule has 0 aliphatic rings. The third-order valence-corrected chi connectivity index (χ3v) is 4.31. The van der Waals surface area contributed by atoms with Crippen molar-refractivity contribution in [2.75, 3.05) is 4.72 Å². The van der Waals surface area contributed by atoms with Gasteiger partial charge in [-0.2, -0.15) is 0 Å². The minimum atomic E-state index is -3.93. The Hall–Kier alpha value is -1.37. The van der Waals surface area contributed by atoms with Crippen LogP contribution >= 0.6 is 23.2 Å². The van der Waals surface area contributed by atoms with Crippen molar-refractivity contribution in [2.45, 2.75) is 4.90 Å². The Kier molecular flexibility index (Phi) is 3.93. The van der Waals surface area contributed by atoms with E-state index in [2.05, 4.69) is 9.71 Å². The van der Waals surface area contributed by atoms with Gasteiger partial charge in [0.05, 0.1) is 10.7 Å². The molecule has 19 heavy (non-hydrogen) atoms. The zero-order valence-corrected chi connectivity index (χ0v) is 11.6. The largest absolute Gasteiger partial charge is 0.278 e. The van der Waals surface area contributed by atoms with Gasteiger partial charge >= 0.3 is 0 Å². The van der Waals surface area contributed by atoms with Gasteiger partial charge in [-0.05, 0) is 30.3 Å². The lowest BCUT2D eigenvalue weighted by Crippen LogP contribution is -2.14. The Morgan fingerprint density at radius 2 is 1.95 bits per heavy atom. The van der Waals surface area contributed by atoms with E-state index in [0.29, 0.717) is 0 Å². The summed E-state index contributed by atoms with van der Waals surface area (Å²) in [6.07, 6.45) is 1.37. The quantitative estimate of drug-likeness (QED) is 0.882. The summed E-state index contributed by atoms with van der Waals surface area (Å²) < 4.78 is 39.2. The van der Waals surface area contributed by atoms with Gasteiger partial charge < -0.3 is 0 Å². The van der Waals surface area contributed by atoms with Crippen LogP contribution in [0.3, 0.4) is 0 Å². The first-order valence-electron chi connectivity index (χ1n) is 4.98. The molecule has 0 atom stereocenters. The Balaban J connectivity index is 2.40. The molecule has 0 bridgehead atoms. The predicted octanol–water partition coefficient (Wildman–Crippen LogP) is 3.33. The first-order chi connectivity index (χ1) is 8.90. The highest BCUT2D eigenvalue weighted by Crippen LogP contribution is 2.27. The van der Waals surface area contributed by atoms with Gasteiger partial charge in [0.25, 0.3) is 10.0 Å². The van der Waals surface area contributed by atoms with Gasteiger partial charge in [0.15, 0.2) is 0 Å². The Bertz CT molecular complexity index is 722. The van der Waals surface area contributed by atoms with E-state index in [1.54, 1.807) is 0 Å². The molecule has 0 saturated heterocycles. The van der Waals surface area contributed by atoms with Gasteiger partial charge in [0, 0.05) is 6.20 Å². The minimum Gasteiger partial charge on any atom is -0.278 e. The molecule has 2 rings (SSSR count). The van der Waals surface area contributed by atoms with Crippen molar-refractivity contribution in [3.05, 3.63) is 52.5 Å². The number of aromatic nitrogens is 1. The summed E-state index contributed by atoms with van der Waals surface area (Å²) in [6, 6.07) is 6.06. The highest BCUT2D eigenvalue weighted by molar-refractivity contribution is 7.92. The maximum absolute atomic E-state index is 12.9. The molecule has 0 radical (unpaired) electrons. The van der Waals surface area contributed by atoms with Crippen molar-refractivity contribution in [3.8, 4) is 0 Å². The zero-order chi connectivity index (χ0) is 14.0. The number of pyridine rings is 1. The fraction of sp³-hybridized carbons (Fsp3) is 0. The normalized spacial score (nSPS) is 11.3. The first kappa shape index (κ1) is 14.0. The van der Waals surface area contributed by atoms with E-state index in [-0.39, 0.29) is 20.8 Å². The fourth-order valence-electron chi connectivity index (χ4n) is 1.34. The van der Waals surface area contributed by atoms with E-state index in [9.17, 15) is 12.8 Å². The molecule has 0 amide bonds. The Morgan fingerprint density at radius 1 is 1.21 bits per heavy atom. The number of nitrogens with zero attached hydrogens (tertiary/aromatic N) is 1. The number of benzene rings is 1. The number of sulfonamides is 1. The summed E-state index contributed by atoms with van der Waals surface area (Å²) in [7, 11) is -3.93. The van der Waals surface area contributed by atoms with Crippen LogP contribution in [0.4, 0.5) is 10.1 Å². The summed E-state index contributed by atoms with van der Waals surface area (Å²) >= 11 is 11.5. The van der Waals surface area contributed by atoms with Crippen LogP contribution in [-0.2, 0) is 10.0 Å². The van der Waals surface area contributed by atoms with Crippen LogP contribution in [0.1, 0.15) is 0 Å². The molecule has 100 valence electrons. The van der Waals surface area contributed by atoms with E-state index in [1.165, 1.54) is 24.4 Å². The minimum absolute atomic E-state index is 0.0522. The fourth-order valence-corrected chi connectivity index (χ4v) is 3.15. The summed E-state index contributed by atoms with van der Waals surface area (Å²) in [5.74, 6) is -0.563. The molecule has 0 unspecified atom stereocenters. The lowest BCUT2D eigenvalue weighted by atomic mass is 10.3. The van der Waals surface area contributed by atoms with E-state index >= 15 is 0 Å². The third kappa shape index (κ3) is 3.15. The van der Waals surface area contributed by atoms with Crippen LogP contribution in [0.25, 0.3) is 0 Å². The van der Waals surface area contributed by atoms with Gasteiger partial charge in [0.2, 0.25) is 0 Å². The highest BCUT2D eigenvalue weighted by Gasteiger charge is 2.19. The smallest absolute Gasteiger partial charge is 0.265 e. The molecule has 1 aromatic carbocycles. The van der Waals surface area contributed by atoms with Crippen LogP contribution in [-0.4, -0.2) is 13.4 Å². The molecule has 0 spiro atoms. The summed E-state index contributed by atoms with van der Waals surface area (Å²) in [6.45, 7) is 0. The predicted molar refractivity (Wildman–Crippen MR) is 71.5 cm³/mol. The van der Waals surface area contributed by atoms with E-state index < -0.39 is 15.8 Å². The molecule has 4 nitrogen and oxygen atoms in total. The molecule has 1 aromatic heterocycles. The molecule has 8 heteroatoms. The second-order valence-electron chi connectivity index (χ2n) is 3.52. The molecule has 0 aliphatic carbocycles. The third-order valence-electron chi connectivity index (χ3n) is 2.19. The second-order valence-corrected chi connectivity index (χ2v) is 5.94. The molecule has 2 aromatic rings. The van der Waals surface area contributed by atoms with Gasteiger partial charge in [-0.15, -0.1) is 0 Å². The number of hydrogen-bond donors (Lipinski definition) is 1. The molecule has 0 saturated carbocycles. The van der Waals surface area contributed by atoms with Gasteiger partial charge in [0.1, 0.15) is 15.9 Å². The summed E-state index contributed by atoms with van der Waals surface area (Å²) in [4.78, 5) is 3.49. The average molecular weight is 321 g/mol. The monoisotopic (exact) mass is 320 g/mol. The van der Waals surface area contributed by atoms with E-state index in [1.807, 2.05) is 0 Å². The van der Waals surface area contributed by atoms with Gasteiger partial charge in [-0.1, -0.05) is 23.2 Å². The van der Waals surface area contributed by atoms with Crippen molar-refractivity contribution in [2.24, 2.45) is 0 Å². The van der Waals surface area contributed by atoms with Crippen molar-refractivity contribution in [1.29, 1.82) is 0 Å². The molecule has 0 aliphatic heterocycles. The van der Waals surface area contributed by atoms with Crippen LogP contribution in [0, 0.1) is 5.82 Å². The molecular formula is C11H7Cl2FN2O2S. The Morgan fingerprint density at radius 3 is 2.58 bits per heavy atom. The first-order valence-corrected chi connectivity index (χ1v) is 7.22. The number of anilines is 1. The summed E-state index contributed by atoms with van der Waals surface area (Å²) in [5, 5.41) is -0.211. The number of nitrogens with one attached hydrogen (secondary N) is 1. The van der Waals surface area contributed by atoms with Gasteiger partial charge in [-0.25, -0.2) is 17.8 Å². The van der Waals surface area contributed by atoms with E-state index in [4.69, 9.17) is 23.2 Å². The van der Waals surface area contributed by atoms with Crippen molar-refractivity contribution in [1.82, 2.24) is 4.98 Å². The second kappa shape index (κ2) is 5.32. The zero-order valence-electron chi connectivity index (χ0n) is 9.27. The molecular weight excluding hydrogens is 314 g/mol. The average Bonchev–Trinajstić information content (AvgIpc) is 2.33.